The largest absolute Gasteiger partial charge is 0.497 e. The first-order chi connectivity index (χ1) is 9.93. The van der Waals surface area contributed by atoms with E-state index in [9.17, 15) is 4.79 Å². The van der Waals surface area contributed by atoms with Gasteiger partial charge in [-0.15, -0.1) is 5.10 Å². The van der Waals surface area contributed by atoms with Crippen LogP contribution in [0.15, 0.2) is 24.3 Å². The molecule has 0 fully saturated rings. The minimum Gasteiger partial charge on any atom is -0.497 e. The predicted molar refractivity (Wildman–Crippen MR) is 81.4 cm³/mol. The van der Waals surface area contributed by atoms with Gasteiger partial charge in [0.05, 0.1) is 7.11 Å². The number of methoxy groups -OCH3 is 1. The lowest BCUT2D eigenvalue weighted by molar-refractivity contribution is 0.0946. The van der Waals surface area contributed by atoms with E-state index in [-0.39, 0.29) is 5.91 Å². The molecule has 2 rings (SSSR count). The van der Waals surface area contributed by atoms with Crippen LogP contribution < -0.4 is 14.5 Å². The van der Waals surface area contributed by atoms with Crippen molar-refractivity contribution in [3.8, 4) is 5.75 Å². The second-order valence-electron chi connectivity index (χ2n) is 4.95. The Balaban J connectivity index is 2.41. The molecule has 0 N–H and O–H groups in total. The minimum absolute atomic E-state index is 0.234. The van der Waals surface area contributed by atoms with Crippen LogP contribution in [0.1, 0.15) is 10.4 Å². The molecular formula is C14H19N5O2. The second kappa shape index (κ2) is 5.82. The van der Waals surface area contributed by atoms with E-state index < -0.39 is 0 Å². The third kappa shape index (κ3) is 2.96. The van der Waals surface area contributed by atoms with Gasteiger partial charge in [0, 0.05) is 33.8 Å². The Bertz CT molecular complexity index is 631. The van der Waals surface area contributed by atoms with Crippen LogP contribution in [0.4, 0.5) is 11.9 Å². The Morgan fingerprint density at radius 2 is 1.71 bits per heavy atom. The SMILES string of the molecule is COc1ccc(C(=O)n2nc(N(C)C)nc2N(C)C)cc1. The molecular weight excluding hydrogens is 270 g/mol. The van der Waals surface area contributed by atoms with Crippen molar-refractivity contribution in [3.63, 3.8) is 0 Å². The highest BCUT2D eigenvalue weighted by molar-refractivity contribution is 5.97. The van der Waals surface area contributed by atoms with Crippen LogP contribution in [0, 0.1) is 0 Å². The summed E-state index contributed by atoms with van der Waals surface area (Å²) in [4.78, 5) is 20.4. The average molecular weight is 289 g/mol. The number of carbonyl (C=O) groups excluding carboxylic acids is 1. The molecule has 0 saturated carbocycles. The summed E-state index contributed by atoms with van der Waals surface area (Å²) < 4.78 is 6.39. The van der Waals surface area contributed by atoms with E-state index in [1.807, 2.05) is 28.2 Å². The highest BCUT2D eigenvalue weighted by atomic mass is 16.5. The van der Waals surface area contributed by atoms with Crippen molar-refractivity contribution >= 4 is 17.8 Å². The molecule has 0 aliphatic heterocycles. The average Bonchev–Trinajstić information content (AvgIpc) is 2.92. The lowest BCUT2D eigenvalue weighted by Crippen LogP contribution is -2.21. The molecule has 0 radical (unpaired) electrons. The van der Waals surface area contributed by atoms with Gasteiger partial charge in [-0.3, -0.25) is 4.79 Å². The smallest absolute Gasteiger partial charge is 0.281 e. The van der Waals surface area contributed by atoms with Crippen LogP contribution in [0.2, 0.25) is 0 Å². The van der Waals surface area contributed by atoms with Crippen LogP contribution in [0.25, 0.3) is 0 Å². The van der Waals surface area contributed by atoms with Gasteiger partial charge >= 0.3 is 0 Å². The molecule has 1 heterocycles. The number of rotatable bonds is 4. The maximum Gasteiger partial charge on any atom is 0.281 e. The van der Waals surface area contributed by atoms with Crippen LogP contribution in [0.5, 0.6) is 5.75 Å². The Hall–Kier alpha value is -2.57. The number of benzene rings is 1. The Morgan fingerprint density at radius 1 is 1.10 bits per heavy atom. The van der Waals surface area contributed by atoms with E-state index in [0.717, 1.165) is 0 Å². The van der Waals surface area contributed by atoms with E-state index in [1.165, 1.54) is 4.68 Å². The van der Waals surface area contributed by atoms with Gasteiger partial charge in [-0.2, -0.15) is 9.67 Å². The van der Waals surface area contributed by atoms with E-state index in [0.29, 0.717) is 23.2 Å². The van der Waals surface area contributed by atoms with Crippen molar-refractivity contribution in [3.05, 3.63) is 29.8 Å². The van der Waals surface area contributed by atoms with Crippen molar-refractivity contribution in [1.82, 2.24) is 14.8 Å². The van der Waals surface area contributed by atoms with Gasteiger partial charge < -0.3 is 14.5 Å². The summed E-state index contributed by atoms with van der Waals surface area (Å²) in [6, 6.07) is 6.90. The van der Waals surface area contributed by atoms with Crippen LogP contribution in [0.3, 0.4) is 0 Å². The molecule has 112 valence electrons. The molecule has 0 atom stereocenters. The van der Waals surface area contributed by atoms with Gasteiger partial charge in [-0.05, 0) is 24.3 Å². The first-order valence-electron chi connectivity index (χ1n) is 6.44. The van der Waals surface area contributed by atoms with Crippen molar-refractivity contribution in [1.29, 1.82) is 0 Å². The van der Waals surface area contributed by atoms with Crippen molar-refractivity contribution < 1.29 is 9.53 Å². The van der Waals surface area contributed by atoms with Crippen LogP contribution in [-0.2, 0) is 0 Å². The zero-order valence-electron chi connectivity index (χ0n) is 12.9. The van der Waals surface area contributed by atoms with Crippen molar-refractivity contribution in [2.45, 2.75) is 0 Å². The van der Waals surface area contributed by atoms with Gasteiger partial charge in [0.2, 0.25) is 11.9 Å². The molecule has 0 unspecified atom stereocenters. The zero-order chi connectivity index (χ0) is 15.6. The normalized spacial score (nSPS) is 10.3. The molecule has 0 aliphatic carbocycles. The van der Waals surface area contributed by atoms with Gasteiger partial charge in [0.25, 0.3) is 5.91 Å². The summed E-state index contributed by atoms with van der Waals surface area (Å²) in [5.74, 6) is 1.44. The highest BCUT2D eigenvalue weighted by Crippen LogP contribution is 2.17. The minimum atomic E-state index is -0.234. The summed E-state index contributed by atoms with van der Waals surface area (Å²) >= 11 is 0. The van der Waals surface area contributed by atoms with Crippen molar-refractivity contribution in [2.24, 2.45) is 0 Å². The summed E-state index contributed by atoms with van der Waals surface area (Å²) in [5.41, 5.74) is 0.522. The topological polar surface area (TPSA) is 63.5 Å². The number of ether oxygens (including phenoxy) is 1. The maximum absolute atomic E-state index is 12.6. The molecule has 0 saturated heterocycles. The molecule has 0 aliphatic rings. The van der Waals surface area contributed by atoms with Crippen LogP contribution in [-0.4, -0.2) is 56.0 Å². The summed E-state index contributed by atoms with van der Waals surface area (Å²) in [6.07, 6.45) is 0. The standard InChI is InChI=1S/C14H19N5O2/c1-17(2)13-15-14(18(3)4)19(16-13)12(20)10-6-8-11(21-5)9-7-10/h6-9H,1-5H3. The van der Waals surface area contributed by atoms with Gasteiger partial charge in [-0.25, -0.2) is 0 Å². The lowest BCUT2D eigenvalue weighted by atomic mass is 10.2. The third-order valence-corrected chi connectivity index (χ3v) is 2.91. The molecule has 1 aromatic heterocycles. The highest BCUT2D eigenvalue weighted by Gasteiger charge is 2.20. The van der Waals surface area contributed by atoms with Gasteiger partial charge in [-0.1, -0.05) is 0 Å². The maximum atomic E-state index is 12.6. The molecule has 1 aromatic carbocycles. The number of carbonyl (C=O) groups is 1. The quantitative estimate of drug-likeness (QED) is 0.840. The molecule has 0 bridgehead atoms. The molecule has 7 heteroatoms. The van der Waals surface area contributed by atoms with Gasteiger partial charge in [0.15, 0.2) is 0 Å². The number of hydrogen-bond acceptors (Lipinski definition) is 6. The second-order valence-corrected chi connectivity index (χ2v) is 4.95. The molecule has 0 spiro atoms. The monoisotopic (exact) mass is 289 g/mol. The lowest BCUT2D eigenvalue weighted by Gasteiger charge is -2.11. The van der Waals surface area contributed by atoms with E-state index in [4.69, 9.17) is 4.74 Å². The number of nitrogens with zero attached hydrogens (tertiary/aromatic N) is 5. The molecule has 0 amide bonds. The summed E-state index contributed by atoms with van der Waals surface area (Å²) in [7, 11) is 8.89. The summed E-state index contributed by atoms with van der Waals surface area (Å²) in [6.45, 7) is 0. The van der Waals surface area contributed by atoms with Crippen molar-refractivity contribution in [2.75, 3.05) is 45.1 Å². The zero-order valence-corrected chi connectivity index (χ0v) is 12.9. The predicted octanol–water partition coefficient (Wildman–Crippen LogP) is 1.11. The van der Waals surface area contributed by atoms with E-state index >= 15 is 0 Å². The Labute approximate surface area is 123 Å². The fourth-order valence-corrected chi connectivity index (χ4v) is 1.76. The number of aromatic nitrogens is 3. The third-order valence-electron chi connectivity index (χ3n) is 2.91. The molecule has 7 nitrogen and oxygen atoms in total. The fraction of sp³-hybridized carbons (Fsp3) is 0.357. The Morgan fingerprint density at radius 3 is 2.19 bits per heavy atom. The number of hydrogen-bond donors (Lipinski definition) is 0. The van der Waals surface area contributed by atoms with Crippen LogP contribution >= 0.6 is 0 Å². The number of anilines is 2. The fourth-order valence-electron chi connectivity index (χ4n) is 1.76. The summed E-state index contributed by atoms with van der Waals surface area (Å²) in [5, 5.41) is 4.26. The molecule has 21 heavy (non-hydrogen) atoms. The first-order valence-corrected chi connectivity index (χ1v) is 6.44. The van der Waals surface area contributed by atoms with Gasteiger partial charge in [0.1, 0.15) is 5.75 Å². The first kappa shape index (κ1) is 14.8. The molecule has 2 aromatic rings. The van der Waals surface area contributed by atoms with E-state index in [2.05, 4.69) is 10.1 Å². The Kier molecular flexibility index (Phi) is 4.11. The van der Waals surface area contributed by atoms with E-state index in [1.54, 1.807) is 41.2 Å².